The molecule has 0 aromatic heterocycles. The van der Waals surface area contributed by atoms with Crippen LogP contribution in [0.4, 0.5) is 5.69 Å². The lowest BCUT2D eigenvalue weighted by atomic mass is 9.99. The van der Waals surface area contributed by atoms with E-state index in [1.54, 1.807) is 7.11 Å². The largest absolute Gasteiger partial charge is 0.497 e. The molecular formula is C15H21BrN2O. The molecule has 104 valence electrons. The molecule has 0 saturated carbocycles. The van der Waals surface area contributed by atoms with Crippen molar-refractivity contribution in [1.82, 2.24) is 4.90 Å². The fourth-order valence-electron chi connectivity index (χ4n) is 3.24. The topological polar surface area (TPSA) is 15.7 Å². The van der Waals surface area contributed by atoms with E-state index in [1.165, 1.54) is 38.0 Å². The summed E-state index contributed by atoms with van der Waals surface area (Å²) in [6, 6.07) is 6.97. The zero-order chi connectivity index (χ0) is 13.2. The normalized spacial score (nSPS) is 24.1. The number of ether oxygens (including phenoxy) is 1. The van der Waals surface area contributed by atoms with Crippen LogP contribution in [-0.2, 0) is 0 Å². The summed E-state index contributed by atoms with van der Waals surface area (Å²) in [4.78, 5) is 5.16. The molecule has 1 aromatic carbocycles. The number of hydrogen-bond donors (Lipinski definition) is 0. The second kappa shape index (κ2) is 5.71. The van der Waals surface area contributed by atoms with E-state index in [-0.39, 0.29) is 0 Å². The molecular weight excluding hydrogens is 304 g/mol. The van der Waals surface area contributed by atoms with Crippen LogP contribution in [0.15, 0.2) is 22.7 Å². The predicted molar refractivity (Wildman–Crippen MR) is 82.1 cm³/mol. The van der Waals surface area contributed by atoms with Crippen LogP contribution in [0.1, 0.15) is 19.3 Å². The standard InChI is InChI=1S/C15H21BrN2O/c1-19-13-5-6-14(16)15(10-13)18-9-8-17-7-3-2-4-12(17)11-18/h5-6,10,12H,2-4,7-9,11H2,1H3. The third kappa shape index (κ3) is 2.75. The highest BCUT2D eigenvalue weighted by Gasteiger charge is 2.29. The molecule has 0 aliphatic carbocycles. The number of anilines is 1. The van der Waals surface area contributed by atoms with Gasteiger partial charge in [-0.15, -0.1) is 0 Å². The fraction of sp³-hybridized carbons (Fsp3) is 0.600. The van der Waals surface area contributed by atoms with E-state index in [1.807, 2.05) is 6.07 Å². The summed E-state index contributed by atoms with van der Waals surface area (Å²) in [6.45, 7) is 4.74. The first-order valence-electron chi connectivity index (χ1n) is 7.10. The molecule has 2 saturated heterocycles. The van der Waals surface area contributed by atoms with Gasteiger partial charge in [0.25, 0.3) is 0 Å². The SMILES string of the molecule is COc1ccc(Br)c(N2CCN3CCCCC3C2)c1. The fourth-order valence-corrected chi connectivity index (χ4v) is 3.73. The summed E-state index contributed by atoms with van der Waals surface area (Å²) in [5, 5.41) is 0. The van der Waals surface area contributed by atoms with E-state index < -0.39 is 0 Å². The van der Waals surface area contributed by atoms with Gasteiger partial charge in [-0.25, -0.2) is 0 Å². The van der Waals surface area contributed by atoms with Crippen LogP contribution in [0.5, 0.6) is 5.75 Å². The molecule has 1 atom stereocenters. The number of benzene rings is 1. The summed E-state index contributed by atoms with van der Waals surface area (Å²) in [7, 11) is 1.73. The lowest BCUT2D eigenvalue weighted by Crippen LogP contribution is -2.55. The van der Waals surface area contributed by atoms with Crippen LogP contribution in [-0.4, -0.2) is 44.2 Å². The van der Waals surface area contributed by atoms with Crippen LogP contribution < -0.4 is 9.64 Å². The molecule has 19 heavy (non-hydrogen) atoms. The maximum Gasteiger partial charge on any atom is 0.121 e. The van der Waals surface area contributed by atoms with E-state index in [0.29, 0.717) is 0 Å². The van der Waals surface area contributed by atoms with E-state index in [4.69, 9.17) is 4.74 Å². The molecule has 2 aliphatic heterocycles. The van der Waals surface area contributed by atoms with Gasteiger partial charge < -0.3 is 9.64 Å². The summed E-state index contributed by atoms with van der Waals surface area (Å²) in [6.07, 6.45) is 4.10. The Bertz CT molecular complexity index is 452. The lowest BCUT2D eigenvalue weighted by Gasteiger charge is -2.45. The molecule has 0 N–H and O–H groups in total. The molecule has 3 nitrogen and oxygen atoms in total. The van der Waals surface area contributed by atoms with Crippen molar-refractivity contribution < 1.29 is 4.74 Å². The van der Waals surface area contributed by atoms with Crippen molar-refractivity contribution in [2.75, 3.05) is 38.2 Å². The van der Waals surface area contributed by atoms with Crippen LogP contribution in [0, 0.1) is 0 Å². The number of nitrogens with zero attached hydrogens (tertiary/aromatic N) is 2. The van der Waals surface area contributed by atoms with Gasteiger partial charge in [-0.3, -0.25) is 4.90 Å². The Balaban J connectivity index is 1.79. The number of rotatable bonds is 2. The number of piperazine rings is 1. The van der Waals surface area contributed by atoms with Crippen LogP contribution in [0.25, 0.3) is 0 Å². The average Bonchev–Trinajstić information content (AvgIpc) is 2.47. The third-order valence-corrected chi connectivity index (χ3v) is 5.00. The van der Waals surface area contributed by atoms with Gasteiger partial charge in [0.05, 0.1) is 12.8 Å². The molecule has 4 heteroatoms. The van der Waals surface area contributed by atoms with E-state index in [2.05, 4.69) is 37.9 Å². The molecule has 1 unspecified atom stereocenters. The number of methoxy groups -OCH3 is 1. The van der Waals surface area contributed by atoms with Crippen LogP contribution >= 0.6 is 15.9 Å². The minimum absolute atomic E-state index is 0.737. The Labute approximate surface area is 123 Å². The zero-order valence-electron chi connectivity index (χ0n) is 11.4. The van der Waals surface area contributed by atoms with Crippen molar-refractivity contribution in [3.05, 3.63) is 22.7 Å². The van der Waals surface area contributed by atoms with E-state index in [0.717, 1.165) is 29.4 Å². The summed E-state index contributed by atoms with van der Waals surface area (Å²) in [5.74, 6) is 0.935. The predicted octanol–water partition coefficient (Wildman–Crippen LogP) is 3.13. The van der Waals surface area contributed by atoms with Crippen molar-refractivity contribution in [3.8, 4) is 5.75 Å². The van der Waals surface area contributed by atoms with Gasteiger partial charge in [-0.1, -0.05) is 6.42 Å². The highest BCUT2D eigenvalue weighted by Crippen LogP contribution is 2.33. The zero-order valence-corrected chi connectivity index (χ0v) is 13.0. The maximum atomic E-state index is 5.35. The van der Waals surface area contributed by atoms with Gasteiger partial charge >= 0.3 is 0 Å². The minimum Gasteiger partial charge on any atom is -0.497 e. The van der Waals surface area contributed by atoms with Gasteiger partial charge in [0, 0.05) is 36.2 Å². The van der Waals surface area contributed by atoms with Gasteiger partial charge in [-0.2, -0.15) is 0 Å². The average molecular weight is 325 g/mol. The molecule has 2 aliphatic rings. The Morgan fingerprint density at radius 3 is 2.95 bits per heavy atom. The van der Waals surface area contributed by atoms with E-state index >= 15 is 0 Å². The summed E-state index contributed by atoms with van der Waals surface area (Å²) in [5.41, 5.74) is 1.27. The second-order valence-corrected chi connectivity index (χ2v) is 6.30. The van der Waals surface area contributed by atoms with Crippen molar-refractivity contribution in [2.24, 2.45) is 0 Å². The molecule has 0 bridgehead atoms. The van der Waals surface area contributed by atoms with Crippen molar-refractivity contribution >= 4 is 21.6 Å². The summed E-state index contributed by atoms with van der Waals surface area (Å²) < 4.78 is 6.51. The van der Waals surface area contributed by atoms with Gasteiger partial charge in [0.15, 0.2) is 0 Å². The third-order valence-electron chi connectivity index (χ3n) is 4.33. The van der Waals surface area contributed by atoms with Gasteiger partial charge in [0.1, 0.15) is 5.75 Å². The van der Waals surface area contributed by atoms with Crippen molar-refractivity contribution in [1.29, 1.82) is 0 Å². The second-order valence-electron chi connectivity index (χ2n) is 5.45. The van der Waals surface area contributed by atoms with Crippen LogP contribution in [0.2, 0.25) is 0 Å². The molecule has 0 spiro atoms. The van der Waals surface area contributed by atoms with Crippen molar-refractivity contribution in [2.45, 2.75) is 25.3 Å². The molecule has 2 fully saturated rings. The number of piperidine rings is 1. The maximum absolute atomic E-state index is 5.35. The lowest BCUT2D eigenvalue weighted by molar-refractivity contribution is 0.133. The minimum atomic E-state index is 0.737. The first-order valence-corrected chi connectivity index (χ1v) is 7.90. The highest BCUT2D eigenvalue weighted by molar-refractivity contribution is 9.10. The van der Waals surface area contributed by atoms with Gasteiger partial charge in [0.2, 0.25) is 0 Å². The smallest absolute Gasteiger partial charge is 0.121 e. The molecule has 1 aromatic rings. The molecule has 0 radical (unpaired) electrons. The van der Waals surface area contributed by atoms with Crippen LogP contribution in [0.3, 0.4) is 0 Å². The first-order chi connectivity index (χ1) is 9.28. The summed E-state index contributed by atoms with van der Waals surface area (Å²) >= 11 is 3.67. The molecule has 2 heterocycles. The Morgan fingerprint density at radius 1 is 1.21 bits per heavy atom. The number of halogens is 1. The Morgan fingerprint density at radius 2 is 2.11 bits per heavy atom. The Hall–Kier alpha value is -0.740. The number of hydrogen-bond acceptors (Lipinski definition) is 3. The van der Waals surface area contributed by atoms with Gasteiger partial charge in [-0.05, 0) is 47.4 Å². The molecule has 0 amide bonds. The molecule has 3 rings (SSSR count). The van der Waals surface area contributed by atoms with Crippen molar-refractivity contribution in [3.63, 3.8) is 0 Å². The quantitative estimate of drug-likeness (QED) is 0.831. The monoisotopic (exact) mass is 324 g/mol. The van der Waals surface area contributed by atoms with E-state index in [9.17, 15) is 0 Å². The number of fused-ring (bicyclic) bond motifs is 1. The Kier molecular flexibility index (Phi) is 3.99. The first kappa shape index (κ1) is 13.3. The highest BCUT2D eigenvalue weighted by atomic mass is 79.9.